The molecule has 1 aromatic carbocycles. The summed E-state index contributed by atoms with van der Waals surface area (Å²) in [5, 5.41) is 9.07. The fourth-order valence-electron chi connectivity index (χ4n) is 1.26. The van der Waals surface area contributed by atoms with Crippen LogP contribution in [0.5, 0.6) is 5.75 Å². The molecule has 0 unspecified atom stereocenters. The zero-order chi connectivity index (χ0) is 9.26. The number of phenolic OH excluding ortho intramolecular Hbond substituents is 1. The van der Waals surface area contributed by atoms with Gasteiger partial charge >= 0.3 is 0 Å². The maximum Gasteiger partial charge on any atom is 0.186 e. The highest BCUT2D eigenvalue weighted by Gasteiger charge is 2.22. The van der Waals surface area contributed by atoms with Gasteiger partial charge in [0.1, 0.15) is 0 Å². The molecule has 1 saturated heterocycles. The van der Waals surface area contributed by atoms with Gasteiger partial charge in [0, 0.05) is 5.56 Å². The molecule has 4 heteroatoms. The number of halogens is 1. The number of aromatic hydroxyl groups is 1. The van der Waals surface area contributed by atoms with Crippen LogP contribution in [0.25, 0.3) is 0 Å². The first-order valence-electron chi connectivity index (χ1n) is 3.99. The first-order valence-corrected chi connectivity index (χ1v) is 3.99. The van der Waals surface area contributed by atoms with Gasteiger partial charge in [-0.2, -0.15) is 0 Å². The predicted molar refractivity (Wildman–Crippen MR) is 42.7 cm³/mol. The SMILES string of the molecule is Oc1cccc(C2OCCO2)c1F. The van der Waals surface area contributed by atoms with Gasteiger partial charge in [-0.3, -0.25) is 0 Å². The molecule has 1 fully saturated rings. The summed E-state index contributed by atoms with van der Waals surface area (Å²) < 4.78 is 23.4. The molecule has 0 bridgehead atoms. The van der Waals surface area contributed by atoms with Crippen LogP contribution in [0.4, 0.5) is 4.39 Å². The van der Waals surface area contributed by atoms with E-state index >= 15 is 0 Å². The lowest BCUT2D eigenvalue weighted by atomic mass is 10.2. The molecule has 1 heterocycles. The summed E-state index contributed by atoms with van der Waals surface area (Å²) in [6.45, 7) is 0.916. The Kier molecular flexibility index (Phi) is 2.16. The molecule has 70 valence electrons. The average molecular weight is 184 g/mol. The van der Waals surface area contributed by atoms with Gasteiger partial charge in [0.2, 0.25) is 0 Å². The summed E-state index contributed by atoms with van der Waals surface area (Å²) in [7, 11) is 0. The number of ether oxygens (including phenoxy) is 2. The van der Waals surface area contributed by atoms with Crippen molar-refractivity contribution in [2.45, 2.75) is 6.29 Å². The first-order chi connectivity index (χ1) is 6.29. The maximum absolute atomic E-state index is 13.2. The van der Waals surface area contributed by atoms with Crippen LogP contribution in [0.1, 0.15) is 11.9 Å². The van der Waals surface area contributed by atoms with E-state index in [1.807, 2.05) is 0 Å². The van der Waals surface area contributed by atoms with Gasteiger partial charge in [0.25, 0.3) is 0 Å². The largest absolute Gasteiger partial charge is 0.505 e. The molecule has 0 atom stereocenters. The molecule has 1 aliphatic heterocycles. The maximum atomic E-state index is 13.2. The Bertz CT molecular complexity index is 308. The van der Waals surface area contributed by atoms with E-state index in [2.05, 4.69) is 0 Å². The molecule has 2 rings (SSSR count). The summed E-state index contributed by atoms with van der Waals surface area (Å²) in [5.74, 6) is -1.05. The van der Waals surface area contributed by atoms with Gasteiger partial charge in [-0.25, -0.2) is 4.39 Å². The van der Waals surface area contributed by atoms with Crippen LogP contribution in [-0.2, 0) is 9.47 Å². The van der Waals surface area contributed by atoms with Crippen molar-refractivity contribution in [3.05, 3.63) is 29.6 Å². The van der Waals surface area contributed by atoms with Gasteiger partial charge in [0.05, 0.1) is 13.2 Å². The average Bonchev–Trinajstić information content (AvgIpc) is 2.62. The van der Waals surface area contributed by atoms with Crippen LogP contribution in [0.15, 0.2) is 18.2 Å². The first kappa shape index (κ1) is 8.47. The van der Waals surface area contributed by atoms with E-state index < -0.39 is 12.1 Å². The Labute approximate surface area is 74.7 Å². The highest BCUT2D eigenvalue weighted by Crippen LogP contribution is 2.29. The molecule has 0 aliphatic carbocycles. The summed E-state index contributed by atoms with van der Waals surface area (Å²) in [6, 6.07) is 4.37. The second-order valence-electron chi connectivity index (χ2n) is 2.75. The van der Waals surface area contributed by atoms with Crippen molar-refractivity contribution in [1.29, 1.82) is 0 Å². The summed E-state index contributed by atoms with van der Waals surface area (Å²) in [6.07, 6.45) is -0.674. The second-order valence-corrected chi connectivity index (χ2v) is 2.75. The zero-order valence-corrected chi connectivity index (χ0v) is 6.87. The minimum atomic E-state index is -0.674. The highest BCUT2D eigenvalue weighted by atomic mass is 19.1. The molecule has 13 heavy (non-hydrogen) atoms. The molecular formula is C9H9FO3. The summed E-state index contributed by atoms with van der Waals surface area (Å²) in [5.41, 5.74) is 0.248. The van der Waals surface area contributed by atoms with E-state index in [-0.39, 0.29) is 11.3 Å². The molecule has 1 aromatic rings. The third kappa shape index (κ3) is 1.50. The fraction of sp³-hybridized carbons (Fsp3) is 0.333. The molecule has 0 saturated carbocycles. The standard InChI is InChI=1S/C9H9FO3/c10-8-6(2-1-3-7(8)11)9-12-4-5-13-9/h1-3,9,11H,4-5H2. The topological polar surface area (TPSA) is 38.7 Å². The van der Waals surface area contributed by atoms with Crippen LogP contribution in [0.3, 0.4) is 0 Å². The van der Waals surface area contributed by atoms with Crippen molar-refractivity contribution < 1.29 is 19.0 Å². The van der Waals surface area contributed by atoms with Crippen LogP contribution in [0.2, 0.25) is 0 Å². The fourth-order valence-corrected chi connectivity index (χ4v) is 1.26. The van der Waals surface area contributed by atoms with Crippen molar-refractivity contribution in [3.63, 3.8) is 0 Å². The highest BCUT2D eigenvalue weighted by molar-refractivity contribution is 5.30. The third-order valence-electron chi connectivity index (χ3n) is 1.88. The van der Waals surface area contributed by atoms with Crippen LogP contribution < -0.4 is 0 Å². The number of benzene rings is 1. The Morgan fingerprint density at radius 2 is 2.00 bits per heavy atom. The third-order valence-corrected chi connectivity index (χ3v) is 1.88. The van der Waals surface area contributed by atoms with Gasteiger partial charge in [-0.15, -0.1) is 0 Å². The predicted octanol–water partition coefficient (Wildman–Crippen LogP) is 1.58. The van der Waals surface area contributed by atoms with E-state index in [0.717, 1.165) is 0 Å². The van der Waals surface area contributed by atoms with E-state index in [4.69, 9.17) is 14.6 Å². The minimum Gasteiger partial charge on any atom is -0.505 e. The molecule has 1 N–H and O–H groups in total. The molecule has 0 radical (unpaired) electrons. The van der Waals surface area contributed by atoms with Gasteiger partial charge in [-0.05, 0) is 6.07 Å². The summed E-state index contributed by atoms with van der Waals surface area (Å²) in [4.78, 5) is 0. The smallest absolute Gasteiger partial charge is 0.186 e. The van der Waals surface area contributed by atoms with E-state index in [9.17, 15) is 4.39 Å². The van der Waals surface area contributed by atoms with E-state index in [1.54, 1.807) is 6.07 Å². The van der Waals surface area contributed by atoms with Crippen LogP contribution >= 0.6 is 0 Å². The lowest BCUT2D eigenvalue weighted by Crippen LogP contribution is -2.01. The van der Waals surface area contributed by atoms with Crippen LogP contribution in [0, 0.1) is 5.82 Å². The van der Waals surface area contributed by atoms with Crippen molar-refractivity contribution in [2.24, 2.45) is 0 Å². The van der Waals surface area contributed by atoms with Crippen molar-refractivity contribution in [3.8, 4) is 5.75 Å². The monoisotopic (exact) mass is 184 g/mol. The summed E-state index contributed by atoms with van der Waals surface area (Å²) >= 11 is 0. The lowest BCUT2D eigenvalue weighted by Gasteiger charge is -2.10. The zero-order valence-electron chi connectivity index (χ0n) is 6.87. The molecular weight excluding hydrogens is 175 g/mol. The minimum absolute atomic E-state index is 0.248. The number of rotatable bonds is 1. The Balaban J connectivity index is 2.33. The van der Waals surface area contributed by atoms with E-state index in [1.165, 1.54) is 12.1 Å². The van der Waals surface area contributed by atoms with Crippen molar-refractivity contribution >= 4 is 0 Å². The van der Waals surface area contributed by atoms with E-state index in [0.29, 0.717) is 13.2 Å². The van der Waals surface area contributed by atoms with Crippen LogP contribution in [-0.4, -0.2) is 18.3 Å². The molecule has 3 nitrogen and oxygen atoms in total. The van der Waals surface area contributed by atoms with Gasteiger partial charge in [-0.1, -0.05) is 12.1 Å². The van der Waals surface area contributed by atoms with Crippen molar-refractivity contribution in [2.75, 3.05) is 13.2 Å². The molecule has 1 aliphatic rings. The number of hydrogen-bond acceptors (Lipinski definition) is 3. The Hall–Kier alpha value is -1.13. The van der Waals surface area contributed by atoms with Gasteiger partial charge in [0.15, 0.2) is 17.9 Å². The normalized spacial score (nSPS) is 17.9. The molecule has 0 aromatic heterocycles. The molecule has 0 spiro atoms. The number of hydrogen-bond donors (Lipinski definition) is 1. The van der Waals surface area contributed by atoms with Crippen molar-refractivity contribution in [1.82, 2.24) is 0 Å². The Morgan fingerprint density at radius 1 is 1.31 bits per heavy atom. The lowest BCUT2D eigenvalue weighted by molar-refractivity contribution is -0.0467. The number of phenols is 1. The Morgan fingerprint density at radius 3 is 2.69 bits per heavy atom. The molecule has 0 amide bonds. The quantitative estimate of drug-likeness (QED) is 0.720. The second kappa shape index (κ2) is 3.32. The van der Waals surface area contributed by atoms with Gasteiger partial charge < -0.3 is 14.6 Å².